The zero-order chi connectivity index (χ0) is 20.5. The van der Waals surface area contributed by atoms with Crippen molar-refractivity contribution in [1.29, 1.82) is 0 Å². The van der Waals surface area contributed by atoms with Crippen molar-refractivity contribution in [3.63, 3.8) is 0 Å². The number of hydrogen-bond acceptors (Lipinski definition) is 7. The molecule has 2 aromatic rings. The number of nitrogens with zero attached hydrogens (tertiary/aromatic N) is 2. The van der Waals surface area contributed by atoms with Crippen molar-refractivity contribution < 1.29 is 24.1 Å². The average Bonchev–Trinajstić information content (AvgIpc) is 2.77. The van der Waals surface area contributed by atoms with Gasteiger partial charge in [-0.25, -0.2) is 0 Å². The number of aliphatic hydroxyl groups is 1. The second kappa shape index (κ2) is 7.91. The van der Waals surface area contributed by atoms with Gasteiger partial charge < -0.3 is 24.1 Å². The lowest BCUT2D eigenvalue weighted by molar-refractivity contribution is 0.111. The number of pyridine rings is 1. The van der Waals surface area contributed by atoms with Crippen LogP contribution >= 0.6 is 0 Å². The highest BCUT2D eigenvalue weighted by Crippen LogP contribution is 2.45. The van der Waals surface area contributed by atoms with Crippen LogP contribution in [0.15, 0.2) is 29.3 Å². The van der Waals surface area contributed by atoms with E-state index in [4.69, 9.17) is 23.9 Å². The van der Waals surface area contributed by atoms with E-state index in [1.54, 1.807) is 34.5 Å². The van der Waals surface area contributed by atoms with Crippen molar-refractivity contribution in [1.82, 2.24) is 4.98 Å². The second-order valence-corrected chi connectivity index (χ2v) is 7.32. The number of ether oxygens (including phenoxy) is 4. The maximum absolute atomic E-state index is 10.3. The maximum atomic E-state index is 10.3. The molecule has 1 N–H and O–H groups in total. The van der Waals surface area contributed by atoms with E-state index < -0.39 is 0 Å². The standard InChI is InChI=1S/C22H26N2O5/c1-26-18-10-14-15-9-12(25)5-7-17(15)23-21(16(14)11-19(18)27-2)13-6-8-20(28-3)24-22(13)29-4/h6,8,10-12,15,17,25H,5,7,9H2,1-4H3/t12-,15?,17-/m0/s1. The fraction of sp³-hybridized carbons (Fsp3) is 0.455. The van der Waals surface area contributed by atoms with Crippen LogP contribution < -0.4 is 18.9 Å². The van der Waals surface area contributed by atoms with E-state index in [-0.39, 0.29) is 18.1 Å². The normalized spacial score (nSPS) is 22.8. The lowest BCUT2D eigenvalue weighted by atomic mass is 9.74. The predicted octanol–water partition coefficient (Wildman–Crippen LogP) is 2.96. The highest BCUT2D eigenvalue weighted by molar-refractivity contribution is 6.16. The molecule has 0 bridgehead atoms. The molecule has 154 valence electrons. The van der Waals surface area contributed by atoms with E-state index in [1.165, 1.54) is 0 Å². The molecule has 1 fully saturated rings. The van der Waals surface area contributed by atoms with E-state index in [0.29, 0.717) is 29.7 Å². The van der Waals surface area contributed by atoms with Crippen molar-refractivity contribution in [2.45, 2.75) is 37.3 Å². The minimum Gasteiger partial charge on any atom is -0.493 e. The zero-order valence-electron chi connectivity index (χ0n) is 17.1. The average molecular weight is 398 g/mol. The molecule has 2 heterocycles. The largest absolute Gasteiger partial charge is 0.493 e. The Hall–Kier alpha value is -2.80. The molecule has 1 aliphatic carbocycles. The number of aliphatic hydroxyl groups excluding tert-OH is 1. The highest BCUT2D eigenvalue weighted by Gasteiger charge is 2.38. The summed E-state index contributed by atoms with van der Waals surface area (Å²) in [5, 5.41) is 10.3. The molecule has 29 heavy (non-hydrogen) atoms. The summed E-state index contributed by atoms with van der Waals surface area (Å²) in [4.78, 5) is 9.52. The molecule has 7 nitrogen and oxygen atoms in total. The molecule has 2 aliphatic rings. The number of aliphatic imine (C=N–C) groups is 1. The van der Waals surface area contributed by atoms with Gasteiger partial charge >= 0.3 is 0 Å². The topological polar surface area (TPSA) is 82.4 Å². The molecule has 0 radical (unpaired) electrons. The molecule has 1 aliphatic heterocycles. The summed E-state index contributed by atoms with van der Waals surface area (Å²) in [5.41, 5.74) is 3.66. The minimum absolute atomic E-state index is 0.0887. The Labute approximate surface area is 170 Å². The summed E-state index contributed by atoms with van der Waals surface area (Å²) in [6.45, 7) is 0. The fourth-order valence-corrected chi connectivity index (χ4v) is 4.35. The van der Waals surface area contributed by atoms with Crippen molar-refractivity contribution in [2.75, 3.05) is 28.4 Å². The number of benzene rings is 1. The third-order valence-corrected chi connectivity index (χ3v) is 5.78. The maximum Gasteiger partial charge on any atom is 0.226 e. The first-order valence-corrected chi connectivity index (χ1v) is 9.71. The molecule has 1 aromatic heterocycles. The second-order valence-electron chi connectivity index (χ2n) is 7.32. The van der Waals surface area contributed by atoms with Gasteiger partial charge in [-0.3, -0.25) is 4.99 Å². The SMILES string of the molecule is COc1ccc(C2=N[C@H]3CC[C@H](O)CC3c3cc(OC)c(OC)cc32)c(OC)n1. The minimum atomic E-state index is -0.314. The molecule has 0 spiro atoms. The molecular weight excluding hydrogens is 372 g/mol. The van der Waals surface area contributed by atoms with Crippen LogP contribution in [0.1, 0.15) is 41.9 Å². The van der Waals surface area contributed by atoms with Crippen molar-refractivity contribution in [2.24, 2.45) is 4.99 Å². The first-order valence-electron chi connectivity index (χ1n) is 9.71. The predicted molar refractivity (Wildman–Crippen MR) is 109 cm³/mol. The van der Waals surface area contributed by atoms with Gasteiger partial charge in [0, 0.05) is 17.5 Å². The van der Waals surface area contributed by atoms with Crippen LogP contribution in [0, 0.1) is 0 Å². The Morgan fingerprint density at radius 1 is 0.897 bits per heavy atom. The third kappa shape index (κ3) is 3.40. The number of hydrogen-bond donors (Lipinski definition) is 1. The van der Waals surface area contributed by atoms with E-state index in [2.05, 4.69) is 4.98 Å². The van der Waals surface area contributed by atoms with Gasteiger partial charge in [-0.05, 0) is 43.0 Å². The monoisotopic (exact) mass is 398 g/mol. The zero-order valence-corrected chi connectivity index (χ0v) is 17.1. The summed E-state index contributed by atoms with van der Waals surface area (Å²) in [6.07, 6.45) is 1.95. The number of rotatable bonds is 5. The molecule has 1 aromatic carbocycles. The quantitative estimate of drug-likeness (QED) is 0.834. The Kier molecular flexibility index (Phi) is 5.32. The summed E-state index contributed by atoms with van der Waals surface area (Å²) < 4.78 is 21.9. The Bertz CT molecular complexity index is 943. The Morgan fingerprint density at radius 3 is 2.34 bits per heavy atom. The van der Waals surface area contributed by atoms with Gasteiger partial charge in [0.1, 0.15) is 0 Å². The van der Waals surface area contributed by atoms with Gasteiger partial charge in [0.2, 0.25) is 11.8 Å². The summed E-state index contributed by atoms with van der Waals surface area (Å²) in [6, 6.07) is 7.78. The number of aromatic nitrogens is 1. The molecular formula is C22H26N2O5. The van der Waals surface area contributed by atoms with Gasteiger partial charge in [0.05, 0.1) is 51.9 Å². The van der Waals surface area contributed by atoms with Crippen LogP contribution in [0.2, 0.25) is 0 Å². The van der Waals surface area contributed by atoms with E-state index in [1.807, 2.05) is 18.2 Å². The summed E-state index contributed by atoms with van der Waals surface area (Å²) >= 11 is 0. The van der Waals surface area contributed by atoms with Crippen LogP contribution in [-0.4, -0.2) is 56.4 Å². The van der Waals surface area contributed by atoms with Crippen LogP contribution in [0.3, 0.4) is 0 Å². The lowest BCUT2D eigenvalue weighted by Crippen LogP contribution is -2.34. The fourth-order valence-electron chi connectivity index (χ4n) is 4.35. The lowest BCUT2D eigenvalue weighted by Gasteiger charge is -2.37. The van der Waals surface area contributed by atoms with Crippen molar-refractivity contribution in [3.8, 4) is 23.3 Å². The Morgan fingerprint density at radius 2 is 1.66 bits per heavy atom. The van der Waals surface area contributed by atoms with Crippen LogP contribution in [0.5, 0.6) is 23.3 Å². The van der Waals surface area contributed by atoms with E-state index in [0.717, 1.165) is 35.2 Å². The Balaban J connectivity index is 1.92. The van der Waals surface area contributed by atoms with Crippen LogP contribution in [-0.2, 0) is 0 Å². The van der Waals surface area contributed by atoms with Crippen LogP contribution in [0.4, 0.5) is 0 Å². The van der Waals surface area contributed by atoms with Gasteiger partial charge in [0.25, 0.3) is 0 Å². The first kappa shape index (κ1) is 19.5. The molecule has 1 unspecified atom stereocenters. The third-order valence-electron chi connectivity index (χ3n) is 5.78. The van der Waals surface area contributed by atoms with Gasteiger partial charge in [-0.1, -0.05) is 0 Å². The summed E-state index contributed by atoms with van der Waals surface area (Å²) in [5.74, 6) is 2.38. The van der Waals surface area contributed by atoms with E-state index in [9.17, 15) is 5.11 Å². The van der Waals surface area contributed by atoms with Gasteiger partial charge in [-0.15, -0.1) is 0 Å². The molecule has 0 saturated heterocycles. The number of methoxy groups -OCH3 is 4. The van der Waals surface area contributed by atoms with Crippen molar-refractivity contribution >= 4 is 5.71 Å². The molecule has 4 rings (SSSR count). The summed E-state index contributed by atoms with van der Waals surface area (Å²) in [7, 11) is 6.41. The first-order chi connectivity index (χ1) is 14.1. The molecule has 3 atom stereocenters. The van der Waals surface area contributed by atoms with Crippen LogP contribution in [0.25, 0.3) is 0 Å². The smallest absolute Gasteiger partial charge is 0.226 e. The highest BCUT2D eigenvalue weighted by atomic mass is 16.5. The number of fused-ring (bicyclic) bond motifs is 3. The van der Waals surface area contributed by atoms with E-state index >= 15 is 0 Å². The molecule has 7 heteroatoms. The van der Waals surface area contributed by atoms with Gasteiger partial charge in [0.15, 0.2) is 11.5 Å². The van der Waals surface area contributed by atoms with Crippen molar-refractivity contribution in [3.05, 3.63) is 41.0 Å². The molecule has 1 saturated carbocycles. The molecule has 0 amide bonds. The van der Waals surface area contributed by atoms with Gasteiger partial charge in [-0.2, -0.15) is 4.98 Å².